The van der Waals surface area contributed by atoms with E-state index in [1.807, 2.05) is 60.7 Å². The summed E-state index contributed by atoms with van der Waals surface area (Å²) in [5, 5.41) is 0. The molecule has 0 aliphatic rings. The van der Waals surface area contributed by atoms with E-state index >= 15 is 0 Å². The Morgan fingerprint density at radius 2 is 0.909 bits per heavy atom. The predicted molar refractivity (Wildman–Crippen MR) is 69.1 cm³/mol. The molecule has 0 heterocycles. The van der Waals surface area contributed by atoms with Crippen LogP contribution in [0.4, 0.5) is 22.0 Å². The second-order valence-corrected chi connectivity index (χ2v) is 3.62. The maximum absolute atomic E-state index is 12.0. The van der Waals surface area contributed by atoms with E-state index in [0.29, 0.717) is 0 Å². The van der Waals surface area contributed by atoms with Gasteiger partial charge < -0.3 is 0 Å². The SMILES string of the molecule is Fc1[c-]c(F)c(F)c(F)c1F.[Ti+3].c1cc[cH-]c1.c1cc[cH-]c1. The van der Waals surface area contributed by atoms with Crippen LogP contribution >= 0.6 is 0 Å². The zero-order valence-corrected chi connectivity index (χ0v) is 12.7. The molecule has 3 rings (SSSR count). The minimum atomic E-state index is -2.17. The Balaban J connectivity index is 0.000000334. The Hall–Kier alpha value is -1.72. The van der Waals surface area contributed by atoms with Crippen molar-refractivity contribution in [1.82, 2.24) is 0 Å². The van der Waals surface area contributed by atoms with Crippen LogP contribution in [0.2, 0.25) is 0 Å². The Labute approximate surface area is 139 Å². The van der Waals surface area contributed by atoms with Gasteiger partial charge in [-0.25, -0.2) is 37.4 Å². The van der Waals surface area contributed by atoms with Crippen LogP contribution < -0.4 is 0 Å². The molecule has 1 radical (unpaired) electrons. The molecule has 0 saturated carbocycles. The maximum atomic E-state index is 12.0. The molecule has 0 N–H and O–H groups in total. The van der Waals surface area contributed by atoms with Crippen molar-refractivity contribution in [3.05, 3.63) is 95.8 Å². The van der Waals surface area contributed by atoms with Gasteiger partial charge in [0.2, 0.25) is 0 Å². The normalized spacial score (nSPS) is 8.77. The molecule has 0 fully saturated rings. The summed E-state index contributed by atoms with van der Waals surface area (Å²) < 4.78 is 59.9. The van der Waals surface area contributed by atoms with E-state index in [1.165, 1.54) is 0 Å². The van der Waals surface area contributed by atoms with E-state index in [9.17, 15) is 22.0 Å². The van der Waals surface area contributed by atoms with Gasteiger partial charge in [0.1, 0.15) is 0 Å². The summed E-state index contributed by atoms with van der Waals surface area (Å²) in [5.41, 5.74) is 0. The van der Waals surface area contributed by atoms with Gasteiger partial charge in [-0.3, -0.25) is 8.78 Å². The summed E-state index contributed by atoms with van der Waals surface area (Å²) in [4.78, 5) is 0. The van der Waals surface area contributed by atoms with Crippen molar-refractivity contribution < 1.29 is 43.7 Å². The molecular weight excluding hydrogens is 335 g/mol. The molecule has 0 amide bonds. The topological polar surface area (TPSA) is 0 Å². The zero-order chi connectivity index (χ0) is 15.7. The van der Waals surface area contributed by atoms with Crippen molar-refractivity contribution >= 4 is 0 Å². The largest absolute Gasteiger partial charge is 3.00 e. The standard InChI is InChI=1S/C6F5.2C5H5.Ti/c7-2-1-3(8)5(10)6(11)4(2)9;2*1-2-4-5-3-1;/h;2*1-5H;/q3*-1;+3. The number of hydrogen-bond acceptors (Lipinski definition) is 0. The second-order valence-electron chi connectivity index (χ2n) is 3.62. The van der Waals surface area contributed by atoms with Crippen molar-refractivity contribution in [2.24, 2.45) is 0 Å². The van der Waals surface area contributed by atoms with E-state index < -0.39 is 29.1 Å². The molecule has 0 aliphatic heterocycles. The number of halogens is 5. The average molecular weight is 345 g/mol. The van der Waals surface area contributed by atoms with Crippen LogP contribution in [0.5, 0.6) is 0 Å². The fraction of sp³-hybridized carbons (Fsp3) is 0. The molecule has 0 spiro atoms. The fourth-order valence-corrected chi connectivity index (χ4v) is 1.14. The summed E-state index contributed by atoms with van der Waals surface area (Å²) in [6.45, 7) is 0. The predicted octanol–water partition coefficient (Wildman–Crippen LogP) is 4.99. The second kappa shape index (κ2) is 10.9. The Morgan fingerprint density at radius 3 is 1.14 bits per heavy atom. The van der Waals surface area contributed by atoms with Gasteiger partial charge in [0.15, 0.2) is 0 Å². The maximum Gasteiger partial charge on any atom is 3.00 e. The number of benzene rings is 1. The van der Waals surface area contributed by atoms with Crippen LogP contribution in [0.15, 0.2) is 60.7 Å². The molecule has 3 aromatic rings. The quantitative estimate of drug-likeness (QED) is 0.177. The third kappa shape index (κ3) is 6.83. The van der Waals surface area contributed by atoms with E-state index in [0.717, 1.165) is 6.07 Å². The van der Waals surface area contributed by atoms with Crippen LogP contribution in [-0.4, -0.2) is 0 Å². The zero-order valence-electron chi connectivity index (χ0n) is 11.2. The van der Waals surface area contributed by atoms with Gasteiger partial charge in [-0.05, 0) is 0 Å². The monoisotopic (exact) mass is 345 g/mol. The third-order valence-electron chi connectivity index (χ3n) is 2.10. The van der Waals surface area contributed by atoms with Gasteiger partial charge in [-0.15, -0.1) is 6.07 Å². The van der Waals surface area contributed by atoms with Crippen LogP contribution in [0.25, 0.3) is 0 Å². The summed E-state index contributed by atoms with van der Waals surface area (Å²) in [7, 11) is 0. The van der Waals surface area contributed by atoms with Gasteiger partial charge in [-0.2, -0.15) is 36.4 Å². The average Bonchev–Trinajstić information content (AvgIpc) is 3.20. The number of rotatable bonds is 0. The van der Waals surface area contributed by atoms with Gasteiger partial charge in [0, 0.05) is 0 Å². The molecule has 0 nitrogen and oxygen atoms in total. The summed E-state index contributed by atoms with van der Waals surface area (Å²) >= 11 is 0. The molecule has 3 aromatic carbocycles. The van der Waals surface area contributed by atoms with Crippen molar-refractivity contribution in [1.29, 1.82) is 0 Å². The molecule has 0 aliphatic carbocycles. The van der Waals surface area contributed by atoms with Gasteiger partial charge >= 0.3 is 21.7 Å². The minimum absolute atomic E-state index is 0. The molecular formula is C16H10F5Ti. The molecule has 0 bridgehead atoms. The number of hydrogen-bond donors (Lipinski definition) is 0. The van der Waals surface area contributed by atoms with Crippen molar-refractivity contribution in [3.63, 3.8) is 0 Å². The first-order valence-electron chi connectivity index (χ1n) is 5.78. The van der Waals surface area contributed by atoms with Crippen LogP contribution in [0, 0.1) is 35.2 Å². The summed E-state index contributed by atoms with van der Waals surface area (Å²) in [6.07, 6.45) is 0. The van der Waals surface area contributed by atoms with Gasteiger partial charge in [0.25, 0.3) is 0 Å². The van der Waals surface area contributed by atoms with E-state index in [2.05, 4.69) is 0 Å². The van der Waals surface area contributed by atoms with Crippen LogP contribution in [0.3, 0.4) is 0 Å². The van der Waals surface area contributed by atoms with Crippen LogP contribution in [-0.2, 0) is 21.7 Å². The molecule has 22 heavy (non-hydrogen) atoms. The van der Waals surface area contributed by atoms with Crippen molar-refractivity contribution in [3.8, 4) is 0 Å². The molecule has 6 heteroatoms. The van der Waals surface area contributed by atoms with E-state index in [1.54, 1.807) is 0 Å². The summed E-state index contributed by atoms with van der Waals surface area (Å²) in [5.74, 6) is -10.0. The Bertz CT molecular complexity index is 532. The first kappa shape index (κ1) is 20.3. The van der Waals surface area contributed by atoms with E-state index in [4.69, 9.17) is 0 Å². The van der Waals surface area contributed by atoms with Gasteiger partial charge in [0.05, 0.1) is 29.1 Å². The Kier molecular flexibility index (Phi) is 10.1. The van der Waals surface area contributed by atoms with E-state index in [-0.39, 0.29) is 21.7 Å². The smallest absolute Gasteiger partial charge is 0.278 e. The molecule has 0 saturated heterocycles. The van der Waals surface area contributed by atoms with Crippen molar-refractivity contribution in [2.45, 2.75) is 0 Å². The molecule has 113 valence electrons. The Morgan fingerprint density at radius 1 is 0.591 bits per heavy atom. The minimum Gasteiger partial charge on any atom is -0.278 e. The van der Waals surface area contributed by atoms with Gasteiger partial charge in [-0.1, -0.05) is 0 Å². The van der Waals surface area contributed by atoms with Crippen molar-refractivity contribution in [2.75, 3.05) is 0 Å². The summed E-state index contributed by atoms with van der Waals surface area (Å²) in [6, 6.07) is 21.0. The molecule has 0 unspecified atom stereocenters. The van der Waals surface area contributed by atoms with Crippen LogP contribution in [0.1, 0.15) is 0 Å². The first-order chi connectivity index (χ1) is 10.0. The molecule has 0 atom stereocenters. The third-order valence-corrected chi connectivity index (χ3v) is 2.10. The fourth-order valence-electron chi connectivity index (χ4n) is 1.14. The first-order valence-corrected chi connectivity index (χ1v) is 5.78. The molecule has 0 aromatic heterocycles.